The maximum absolute atomic E-state index is 12.2. The van der Waals surface area contributed by atoms with Crippen molar-refractivity contribution in [2.24, 2.45) is 0 Å². The molecule has 0 bridgehead atoms. The summed E-state index contributed by atoms with van der Waals surface area (Å²) in [6, 6.07) is 7.21. The number of rotatable bonds is 4. The third-order valence-electron chi connectivity index (χ3n) is 3.98. The molecule has 1 N–H and O–H groups in total. The van der Waals surface area contributed by atoms with Crippen molar-refractivity contribution >= 4 is 11.9 Å². The first-order chi connectivity index (χ1) is 9.59. The minimum absolute atomic E-state index is 0.136. The summed E-state index contributed by atoms with van der Waals surface area (Å²) in [5, 5.41) is 9.13. The Morgan fingerprint density at radius 3 is 2.75 bits per heavy atom. The van der Waals surface area contributed by atoms with E-state index in [1.54, 1.807) is 18.2 Å². The van der Waals surface area contributed by atoms with E-state index < -0.39 is 5.97 Å². The molecule has 4 heteroatoms. The van der Waals surface area contributed by atoms with Crippen molar-refractivity contribution < 1.29 is 14.7 Å². The highest BCUT2D eigenvalue weighted by Crippen LogP contribution is 2.18. The summed E-state index contributed by atoms with van der Waals surface area (Å²) in [6.45, 7) is 2.92. The molecule has 1 amide bonds. The van der Waals surface area contributed by atoms with E-state index in [0.29, 0.717) is 24.4 Å². The van der Waals surface area contributed by atoms with Gasteiger partial charge in [-0.05, 0) is 44.2 Å². The van der Waals surface area contributed by atoms with Gasteiger partial charge in [-0.2, -0.15) is 0 Å². The third-order valence-corrected chi connectivity index (χ3v) is 3.98. The minimum atomic E-state index is -0.931. The zero-order valence-electron chi connectivity index (χ0n) is 11.8. The first-order valence-corrected chi connectivity index (χ1v) is 7.20. The third kappa shape index (κ3) is 3.38. The van der Waals surface area contributed by atoms with E-state index >= 15 is 0 Å². The summed E-state index contributed by atoms with van der Waals surface area (Å²) in [7, 11) is 0. The van der Waals surface area contributed by atoms with Crippen LogP contribution in [0.3, 0.4) is 0 Å². The van der Waals surface area contributed by atoms with E-state index in [1.807, 2.05) is 11.0 Å². The SMILES string of the molecule is CC1CCCCN1C(=O)CCc1ccccc1C(=O)O. The average Bonchev–Trinajstić information content (AvgIpc) is 2.45. The van der Waals surface area contributed by atoms with Gasteiger partial charge in [0.05, 0.1) is 5.56 Å². The summed E-state index contributed by atoms with van der Waals surface area (Å²) in [5.74, 6) is -0.795. The molecule has 1 aromatic carbocycles. The van der Waals surface area contributed by atoms with E-state index in [2.05, 4.69) is 6.92 Å². The van der Waals surface area contributed by atoms with Crippen LogP contribution in [0, 0.1) is 0 Å². The normalized spacial score (nSPS) is 18.9. The largest absolute Gasteiger partial charge is 0.478 e. The predicted molar refractivity (Wildman–Crippen MR) is 76.7 cm³/mol. The molecule has 0 radical (unpaired) electrons. The molecule has 1 unspecified atom stereocenters. The van der Waals surface area contributed by atoms with E-state index in [9.17, 15) is 9.59 Å². The molecule has 1 aromatic rings. The van der Waals surface area contributed by atoms with Crippen molar-refractivity contribution in [3.63, 3.8) is 0 Å². The first-order valence-electron chi connectivity index (χ1n) is 7.20. The maximum atomic E-state index is 12.2. The van der Waals surface area contributed by atoms with Gasteiger partial charge in [0.25, 0.3) is 0 Å². The Balaban J connectivity index is 1.98. The Bertz CT molecular complexity index is 498. The Morgan fingerprint density at radius 1 is 1.30 bits per heavy atom. The molecule has 0 aromatic heterocycles. The lowest BCUT2D eigenvalue weighted by molar-refractivity contribution is -0.134. The molecule has 1 saturated heterocycles. The van der Waals surface area contributed by atoms with Crippen LogP contribution >= 0.6 is 0 Å². The molecule has 1 aliphatic heterocycles. The van der Waals surface area contributed by atoms with Crippen LogP contribution in [-0.2, 0) is 11.2 Å². The summed E-state index contributed by atoms with van der Waals surface area (Å²) in [5.41, 5.74) is 1.03. The molecule has 0 saturated carbocycles. The second-order valence-electron chi connectivity index (χ2n) is 5.39. The lowest BCUT2D eigenvalue weighted by atomic mass is 10.00. The van der Waals surface area contributed by atoms with Crippen LogP contribution in [0.2, 0.25) is 0 Å². The first kappa shape index (κ1) is 14.6. The predicted octanol–water partition coefficient (Wildman–Crippen LogP) is 2.72. The molecule has 4 nitrogen and oxygen atoms in total. The number of aromatic carboxylic acids is 1. The number of carbonyl (C=O) groups is 2. The topological polar surface area (TPSA) is 57.6 Å². The quantitative estimate of drug-likeness (QED) is 0.919. The Hall–Kier alpha value is -1.84. The fourth-order valence-electron chi connectivity index (χ4n) is 2.80. The molecule has 1 fully saturated rings. The standard InChI is InChI=1S/C16H21NO3/c1-12-6-4-5-11-17(12)15(18)10-9-13-7-2-3-8-14(13)16(19)20/h2-3,7-8,12H,4-6,9-11H2,1H3,(H,19,20). The fraction of sp³-hybridized carbons (Fsp3) is 0.500. The number of carboxylic acids is 1. The van der Waals surface area contributed by atoms with Crippen LogP contribution < -0.4 is 0 Å². The smallest absolute Gasteiger partial charge is 0.335 e. The lowest BCUT2D eigenvalue weighted by Gasteiger charge is -2.33. The average molecular weight is 275 g/mol. The van der Waals surface area contributed by atoms with Crippen LogP contribution in [0.15, 0.2) is 24.3 Å². The van der Waals surface area contributed by atoms with Gasteiger partial charge < -0.3 is 10.0 Å². The van der Waals surface area contributed by atoms with E-state index in [0.717, 1.165) is 24.9 Å². The molecular weight excluding hydrogens is 254 g/mol. The van der Waals surface area contributed by atoms with Crippen molar-refractivity contribution in [2.75, 3.05) is 6.54 Å². The van der Waals surface area contributed by atoms with E-state index in [4.69, 9.17) is 5.11 Å². The maximum Gasteiger partial charge on any atom is 0.335 e. The Labute approximate surface area is 119 Å². The van der Waals surface area contributed by atoms with E-state index in [1.165, 1.54) is 6.42 Å². The van der Waals surface area contributed by atoms with Gasteiger partial charge >= 0.3 is 5.97 Å². The molecular formula is C16H21NO3. The van der Waals surface area contributed by atoms with Crippen LogP contribution in [0.4, 0.5) is 0 Å². The minimum Gasteiger partial charge on any atom is -0.478 e. The highest BCUT2D eigenvalue weighted by molar-refractivity contribution is 5.89. The number of carbonyl (C=O) groups excluding carboxylic acids is 1. The van der Waals surface area contributed by atoms with Crippen molar-refractivity contribution in [1.82, 2.24) is 4.90 Å². The number of hydrogen-bond acceptors (Lipinski definition) is 2. The summed E-state index contributed by atoms with van der Waals surface area (Å²) in [4.78, 5) is 25.3. The molecule has 2 rings (SSSR count). The van der Waals surface area contributed by atoms with Crippen molar-refractivity contribution in [1.29, 1.82) is 0 Å². The molecule has 108 valence electrons. The molecule has 0 aliphatic carbocycles. The zero-order valence-corrected chi connectivity index (χ0v) is 11.8. The Kier molecular flexibility index (Phi) is 4.77. The van der Waals surface area contributed by atoms with Crippen molar-refractivity contribution in [3.8, 4) is 0 Å². The Morgan fingerprint density at radius 2 is 2.05 bits per heavy atom. The lowest BCUT2D eigenvalue weighted by Crippen LogP contribution is -2.42. The molecule has 20 heavy (non-hydrogen) atoms. The number of hydrogen-bond donors (Lipinski definition) is 1. The molecule has 1 heterocycles. The highest BCUT2D eigenvalue weighted by atomic mass is 16.4. The van der Waals surface area contributed by atoms with Gasteiger partial charge in [-0.25, -0.2) is 4.79 Å². The van der Waals surface area contributed by atoms with Crippen molar-refractivity contribution in [3.05, 3.63) is 35.4 Å². The molecule has 1 aliphatic rings. The second-order valence-corrected chi connectivity index (χ2v) is 5.39. The summed E-state index contributed by atoms with van der Waals surface area (Å²) in [6.07, 6.45) is 4.20. The van der Waals surface area contributed by atoms with Crippen molar-refractivity contribution in [2.45, 2.75) is 45.1 Å². The summed E-state index contributed by atoms with van der Waals surface area (Å²) >= 11 is 0. The number of piperidine rings is 1. The number of amides is 1. The van der Waals surface area contributed by atoms with Gasteiger partial charge in [0.15, 0.2) is 0 Å². The van der Waals surface area contributed by atoms with Crippen LogP contribution in [-0.4, -0.2) is 34.5 Å². The monoisotopic (exact) mass is 275 g/mol. The van der Waals surface area contributed by atoms with Gasteiger partial charge in [0, 0.05) is 19.0 Å². The van der Waals surface area contributed by atoms with Crippen LogP contribution in [0.1, 0.15) is 48.5 Å². The summed E-state index contributed by atoms with van der Waals surface area (Å²) < 4.78 is 0. The van der Waals surface area contributed by atoms with Gasteiger partial charge in [0.1, 0.15) is 0 Å². The second kappa shape index (κ2) is 6.55. The van der Waals surface area contributed by atoms with Crippen LogP contribution in [0.5, 0.6) is 0 Å². The number of likely N-dealkylation sites (tertiary alicyclic amines) is 1. The number of benzene rings is 1. The van der Waals surface area contributed by atoms with E-state index in [-0.39, 0.29) is 5.91 Å². The highest BCUT2D eigenvalue weighted by Gasteiger charge is 2.23. The zero-order chi connectivity index (χ0) is 14.5. The molecule has 1 atom stereocenters. The number of nitrogens with zero attached hydrogens (tertiary/aromatic N) is 1. The van der Waals surface area contributed by atoms with Gasteiger partial charge in [-0.3, -0.25) is 4.79 Å². The molecule has 0 spiro atoms. The van der Waals surface area contributed by atoms with Gasteiger partial charge in [-0.15, -0.1) is 0 Å². The number of aryl methyl sites for hydroxylation is 1. The van der Waals surface area contributed by atoms with Gasteiger partial charge in [0.2, 0.25) is 5.91 Å². The fourth-order valence-corrected chi connectivity index (χ4v) is 2.80. The van der Waals surface area contributed by atoms with Gasteiger partial charge in [-0.1, -0.05) is 18.2 Å². The number of carboxylic acid groups (broad SMARTS) is 1. The van der Waals surface area contributed by atoms with Crippen LogP contribution in [0.25, 0.3) is 0 Å².